The summed E-state index contributed by atoms with van der Waals surface area (Å²) < 4.78 is 33.7. The van der Waals surface area contributed by atoms with Crippen molar-refractivity contribution in [3.05, 3.63) is 54.1 Å². The van der Waals surface area contributed by atoms with E-state index >= 15 is 0 Å². The number of nitrogens with zero attached hydrogens (tertiary/aromatic N) is 1. The number of methoxy groups -OCH3 is 1. The normalized spacial score (nSPS) is 10.4. The van der Waals surface area contributed by atoms with Crippen LogP contribution in [0.3, 0.4) is 0 Å². The lowest BCUT2D eigenvalue weighted by Crippen LogP contribution is -2.37. The lowest BCUT2D eigenvalue weighted by atomic mass is 10.2. The Morgan fingerprint density at radius 1 is 1.11 bits per heavy atom. The van der Waals surface area contributed by atoms with Crippen LogP contribution in [-0.4, -0.2) is 43.5 Å². The summed E-state index contributed by atoms with van der Waals surface area (Å²) in [6, 6.07) is 12.2. The number of hydrogen-bond acceptors (Lipinski definition) is 4. The minimum Gasteiger partial charge on any atom is -0.497 e. The Kier molecular flexibility index (Phi) is 7.10. The number of ether oxygens (including phenoxy) is 2. The molecule has 0 atom stereocenters. The molecule has 2 rings (SSSR count). The summed E-state index contributed by atoms with van der Waals surface area (Å²) in [6.07, 6.45) is 0. The largest absolute Gasteiger partial charge is 0.497 e. The van der Waals surface area contributed by atoms with Crippen molar-refractivity contribution in [3.8, 4) is 11.5 Å². The highest BCUT2D eigenvalue weighted by Crippen LogP contribution is 2.18. The Labute approximate surface area is 155 Å². The number of halogens is 2. The first-order chi connectivity index (χ1) is 12.9. The van der Waals surface area contributed by atoms with Gasteiger partial charge in [0, 0.05) is 23.9 Å². The third-order valence-electron chi connectivity index (χ3n) is 3.68. The van der Waals surface area contributed by atoms with Crippen LogP contribution < -0.4 is 14.8 Å². The van der Waals surface area contributed by atoms with Crippen molar-refractivity contribution in [2.24, 2.45) is 0 Å². The van der Waals surface area contributed by atoms with Crippen LogP contribution in [0.2, 0.25) is 0 Å². The van der Waals surface area contributed by atoms with Crippen LogP contribution in [0.5, 0.6) is 11.5 Å². The second-order valence-electron chi connectivity index (χ2n) is 5.50. The quantitative estimate of drug-likeness (QED) is 0.765. The van der Waals surface area contributed by atoms with Gasteiger partial charge >= 0.3 is 6.61 Å². The molecule has 0 saturated carbocycles. The van der Waals surface area contributed by atoms with Gasteiger partial charge in [0.25, 0.3) is 5.91 Å². The van der Waals surface area contributed by atoms with Gasteiger partial charge in [-0.2, -0.15) is 8.78 Å². The Bertz CT molecular complexity index is 782. The smallest absolute Gasteiger partial charge is 0.387 e. The Morgan fingerprint density at radius 3 is 2.41 bits per heavy atom. The van der Waals surface area contributed by atoms with E-state index in [2.05, 4.69) is 10.1 Å². The predicted octanol–water partition coefficient (Wildman–Crippen LogP) is 3.40. The molecule has 0 unspecified atom stereocenters. The lowest BCUT2D eigenvalue weighted by Gasteiger charge is -2.20. The molecule has 6 nitrogen and oxygen atoms in total. The zero-order valence-electron chi connectivity index (χ0n) is 14.9. The number of benzene rings is 2. The molecule has 2 aromatic rings. The van der Waals surface area contributed by atoms with Crippen molar-refractivity contribution in [2.75, 3.05) is 25.5 Å². The highest BCUT2D eigenvalue weighted by atomic mass is 19.3. The third-order valence-corrected chi connectivity index (χ3v) is 3.68. The molecule has 0 aliphatic carbocycles. The molecule has 2 aromatic carbocycles. The molecule has 27 heavy (non-hydrogen) atoms. The van der Waals surface area contributed by atoms with Gasteiger partial charge < -0.3 is 19.7 Å². The second-order valence-corrected chi connectivity index (χ2v) is 5.50. The highest BCUT2D eigenvalue weighted by molar-refractivity contribution is 5.99. The number of anilines is 1. The summed E-state index contributed by atoms with van der Waals surface area (Å²) in [7, 11) is 1.52. The summed E-state index contributed by atoms with van der Waals surface area (Å²) in [5.41, 5.74) is 0.823. The zero-order chi connectivity index (χ0) is 19.8. The maximum absolute atomic E-state index is 12.5. The third kappa shape index (κ3) is 5.95. The van der Waals surface area contributed by atoms with Gasteiger partial charge in [0.1, 0.15) is 18.0 Å². The fourth-order valence-corrected chi connectivity index (χ4v) is 2.36. The van der Waals surface area contributed by atoms with Gasteiger partial charge in [0.15, 0.2) is 0 Å². The maximum atomic E-state index is 12.5. The topological polar surface area (TPSA) is 67.9 Å². The van der Waals surface area contributed by atoms with E-state index in [1.165, 1.54) is 36.3 Å². The number of likely N-dealkylation sites (N-methyl/N-ethyl adjacent to an activating group) is 1. The molecule has 8 heteroatoms. The van der Waals surface area contributed by atoms with E-state index in [0.29, 0.717) is 18.0 Å². The first kappa shape index (κ1) is 20.2. The fourth-order valence-electron chi connectivity index (χ4n) is 2.36. The molecule has 0 saturated heterocycles. The zero-order valence-corrected chi connectivity index (χ0v) is 14.9. The van der Waals surface area contributed by atoms with Gasteiger partial charge in [-0.15, -0.1) is 0 Å². The number of carbonyl (C=O) groups is 2. The van der Waals surface area contributed by atoms with Gasteiger partial charge in [0.05, 0.1) is 7.11 Å². The summed E-state index contributed by atoms with van der Waals surface area (Å²) >= 11 is 0. The van der Waals surface area contributed by atoms with Crippen molar-refractivity contribution < 1.29 is 27.8 Å². The number of rotatable bonds is 8. The van der Waals surface area contributed by atoms with E-state index in [0.717, 1.165) is 0 Å². The van der Waals surface area contributed by atoms with Crippen LogP contribution in [0.4, 0.5) is 14.5 Å². The molecule has 1 N–H and O–H groups in total. The van der Waals surface area contributed by atoms with Gasteiger partial charge in [-0.3, -0.25) is 9.59 Å². The van der Waals surface area contributed by atoms with Gasteiger partial charge in [0.2, 0.25) is 5.91 Å². The monoisotopic (exact) mass is 378 g/mol. The van der Waals surface area contributed by atoms with Crippen LogP contribution in [0.15, 0.2) is 48.5 Å². The van der Waals surface area contributed by atoms with Crippen molar-refractivity contribution in [2.45, 2.75) is 13.5 Å². The molecular weight excluding hydrogens is 358 g/mol. The Hall–Kier alpha value is -3.16. The SMILES string of the molecule is CCN(CC(=O)Nc1cccc(OC)c1)C(=O)c1ccc(OC(F)F)cc1. The van der Waals surface area contributed by atoms with E-state index in [4.69, 9.17) is 4.74 Å². The molecule has 0 spiro atoms. The average molecular weight is 378 g/mol. The van der Waals surface area contributed by atoms with Crippen LogP contribution in [0.25, 0.3) is 0 Å². The molecule has 0 heterocycles. The van der Waals surface area contributed by atoms with Crippen molar-refractivity contribution in [3.63, 3.8) is 0 Å². The van der Waals surface area contributed by atoms with E-state index in [-0.39, 0.29) is 29.7 Å². The van der Waals surface area contributed by atoms with Crippen molar-refractivity contribution in [1.82, 2.24) is 4.90 Å². The van der Waals surface area contributed by atoms with Crippen LogP contribution >= 0.6 is 0 Å². The molecular formula is C19H20F2N2O4. The molecule has 144 valence electrons. The Morgan fingerprint density at radius 2 is 1.81 bits per heavy atom. The average Bonchev–Trinajstić information content (AvgIpc) is 2.66. The predicted molar refractivity (Wildman–Crippen MR) is 96.3 cm³/mol. The van der Waals surface area contributed by atoms with Crippen LogP contribution in [0.1, 0.15) is 17.3 Å². The molecule has 0 bridgehead atoms. The van der Waals surface area contributed by atoms with E-state index in [1.807, 2.05) is 0 Å². The number of nitrogens with one attached hydrogen (secondary N) is 1. The van der Waals surface area contributed by atoms with E-state index in [9.17, 15) is 18.4 Å². The van der Waals surface area contributed by atoms with Gasteiger partial charge in [-0.25, -0.2) is 0 Å². The number of amides is 2. The fraction of sp³-hybridized carbons (Fsp3) is 0.263. The van der Waals surface area contributed by atoms with Crippen LogP contribution in [-0.2, 0) is 4.79 Å². The minimum atomic E-state index is -2.93. The lowest BCUT2D eigenvalue weighted by molar-refractivity contribution is -0.116. The van der Waals surface area contributed by atoms with Gasteiger partial charge in [-0.1, -0.05) is 6.07 Å². The first-order valence-corrected chi connectivity index (χ1v) is 8.21. The first-order valence-electron chi connectivity index (χ1n) is 8.21. The minimum absolute atomic E-state index is 0.0413. The standard InChI is InChI=1S/C19H20F2N2O4/c1-3-23(12-17(24)22-14-5-4-6-16(11-14)26-2)18(25)13-7-9-15(10-8-13)27-19(20)21/h4-11,19H,3,12H2,1-2H3,(H,22,24). The highest BCUT2D eigenvalue weighted by Gasteiger charge is 2.18. The summed E-state index contributed by atoms with van der Waals surface area (Å²) in [4.78, 5) is 26.1. The molecule has 0 aliphatic rings. The molecule has 0 radical (unpaired) electrons. The summed E-state index contributed by atoms with van der Waals surface area (Å²) in [6.45, 7) is -1.04. The van der Waals surface area contributed by atoms with Crippen molar-refractivity contribution in [1.29, 1.82) is 0 Å². The van der Waals surface area contributed by atoms with E-state index in [1.54, 1.807) is 31.2 Å². The number of alkyl halides is 2. The van der Waals surface area contributed by atoms with E-state index < -0.39 is 6.61 Å². The maximum Gasteiger partial charge on any atom is 0.387 e. The number of carbonyl (C=O) groups excluding carboxylic acids is 2. The molecule has 0 aliphatic heterocycles. The summed E-state index contributed by atoms with van der Waals surface area (Å²) in [5.74, 6) is -0.194. The van der Waals surface area contributed by atoms with Crippen LogP contribution in [0, 0.1) is 0 Å². The van der Waals surface area contributed by atoms with Gasteiger partial charge in [-0.05, 0) is 43.3 Å². The Balaban J connectivity index is 2.00. The summed E-state index contributed by atoms with van der Waals surface area (Å²) in [5, 5.41) is 2.70. The number of hydrogen-bond donors (Lipinski definition) is 1. The molecule has 2 amide bonds. The second kappa shape index (κ2) is 9.51. The van der Waals surface area contributed by atoms with Crippen molar-refractivity contribution >= 4 is 17.5 Å². The molecule has 0 aromatic heterocycles. The molecule has 0 fully saturated rings.